The van der Waals surface area contributed by atoms with Crippen molar-refractivity contribution in [1.82, 2.24) is 9.55 Å². The first-order valence-electron chi connectivity index (χ1n) is 6.81. The first-order valence-corrected chi connectivity index (χ1v) is 8.36. The first-order chi connectivity index (χ1) is 10.6. The van der Waals surface area contributed by atoms with E-state index in [9.17, 15) is 0 Å². The van der Waals surface area contributed by atoms with Crippen molar-refractivity contribution in [3.63, 3.8) is 0 Å². The van der Waals surface area contributed by atoms with Crippen molar-refractivity contribution in [2.24, 2.45) is 0 Å². The summed E-state index contributed by atoms with van der Waals surface area (Å²) in [5.41, 5.74) is 2.21. The van der Waals surface area contributed by atoms with Gasteiger partial charge in [0.1, 0.15) is 5.82 Å². The second-order valence-corrected chi connectivity index (χ2v) is 6.69. The Balaban J connectivity index is 1.83. The molecule has 0 spiro atoms. The average Bonchev–Trinajstić information content (AvgIpc) is 2.93. The minimum atomic E-state index is 0.574. The molecular formula is C17H13BrCl2N2. The van der Waals surface area contributed by atoms with Crippen LogP contribution in [0.1, 0.15) is 17.0 Å². The molecule has 0 radical (unpaired) electrons. The summed E-state index contributed by atoms with van der Waals surface area (Å²) in [5.74, 6) is 0.965. The standard InChI is InChI=1S/C17H13BrCl2N2/c18-14-6-4-12(5-7-14)11-22-9-8-21-16(22)10-13-2-1-3-15(19)17(13)20/h1-9H,10-11H2. The van der Waals surface area contributed by atoms with E-state index >= 15 is 0 Å². The van der Waals surface area contributed by atoms with E-state index in [4.69, 9.17) is 23.2 Å². The number of hydrogen-bond acceptors (Lipinski definition) is 1. The molecule has 0 saturated carbocycles. The van der Waals surface area contributed by atoms with Gasteiger partial charge in [0.15, 0.2) is 0 Å². The highest BCUT2D eigenvalue weighted by atomic mass is 79.9. The van der Waals surface area contributed by atoms with Crippen LogP contribution in [0.3, 0.4) is 0 Å². The van der Waals surface area contributed by atoms with Gasteiger partial charge in [-0.3, -0.25) is 0 Å². The Hall–Kier alpha value is -1.29. The van der Waals surface area contributed by atoms with E-state index in [0.29, 0.717) is 16.5 Å². The van der Waals surface area contributed by atoms with Gasteiger partial charge in [-0.2, -0.15) is 0 Å². The molecule has 0 atom stereocenters. The van der Waals surface area contributed by atoms with E-state index < -0.39 is 0 Å². The maximum Gasteiger partial charge on any atom is 0.113 e. The van der Waals surface area contributed by atoms with Crippen LogP contribution >= 0.6 is 39.1 Å². The van der Waals surface area contributed by atoms with Crippen LogP contribution in [0.25, 0.3) is 0 Å². The van der Waals surface area contributed by atoms with Crippen molar-refractivity contribution in [1.29, 1.82) is 0 Å². The molecule has 1 aromatic heterocycles. The fourth-order valence-corrected chi connectivity index (χ4v) is 2.94. The molecule has 5 heteroatoms. The zero-order valence-corrected chi connectivity index (χ0v) is 14.7. The lowest BCUT2D eigenvalue weighted by atomic mass is 10.1. The number of nitrogens with zero attached hydrogens (tertiary/aromatic N) is 2. The Morgan fingerprint density at radius 3 is 2.59 bits per heavy atom. The number of aromatic nitrogens is 2. The highest BCUT2D eigenvalue weighted by molar-refractivity contribution is 9.10. The van der Waals surface area contributed by atoms with Crippen LogP contribution in [0.4, 0.5) is 0 Å². The molecule has 0 unspecified atom stereocenters. The van der Waals surface area contributed by atoms with Crippen molar-refractivity contribution < 1.29 is 0 Å². The molecule has 3 aromatic rings. The number of imidazole rings is 1. The number of rotatable bonds is 4. The van der Waals surface area contributed by atoms with Crippen LogP contribution in [0, 0.1) is 0 Å². The van der Waals surface area contributed by atoms with Gasteiger partial charge in [0.05, 0.1) is 10.0 Å². The summed E-state index contributed by atoms with van der Waals surface area (Å²) in [5, 5.41) is 1.17. The second-order valence-electron chi connectivity index (χ2n) is 4.99. The lowest BCUT2D eigenvalue weighted by molar-refractivity contribution is 0.740. The van der Waals surface area contributed by atoms with Crippen molar-refractivity contribution in [2.45, 2.75) is 13.0 Å². The van der Waals surface area contributed by atoms with Crippen molar-refractivity contribution >= 4 is 39.1 Å². The Morgan fingerprint density at radius 1 is 1.05 bits per heavy atom. The molecule has 112 valence electrons. The van der Waals surface area contributed by atoms with Gasteiger partial charge >= 0.3 is 0 Å². The molecule has 22 heavy (non-hydrogen) atoms. The summed E-state index contributed by atoms with van der Waals surface area (Å²) in [6, 6.07) is 14.0. The van der Waals surface area contributed by atoms with Crippen LogP contribution in [0.5, 0.6) is 0 Å². The van der Waals surface area contributed by atoms with E-state index in [0.717, 1.165) is 22.4 Å². The molecule has 0 aliphatic carbocycles. The van der Waals surface area contributed by atoms with E-state index in [-0.39, 0.29) is 0 Å². The Labute approximate surface area is 147 Å². The lowest BCUT2D eigenvalue weighted by Gasteiger charge is -2.10. The average molecular weight is 396 g/mol. The Kier molecular flexibility index (Phi) is 4.87. The normalized spacial score (nSPS) is 10.9. The van der Waals surface area contributed by atoms with Crippen molar-refractivity contribution in [2.75, 3.05) is 0 Å². The predicted octanol–water partition coefficient (Wildman–Crippen LogP) is 5.59. The van der Waals surface area contributed by atoms with Gasteiger partial charge in [-0.15, -0.1) is 0 Å². The molecule has 0 aliphatic heterocycles. The zero-order chi connectivity index (χ0) is 15.5. The van der Waals surface area contributed by atoms with Gasteiger partial charge < -0.3 is 4.57 Å². The third-order valence-electron chi connectivity index (χ3n) is 3.45. The summed E-state index contributed by atoms with van der Waals surface area (Å²) in [7, 11) is 0. The Morgan fingerprint density at radius 2 is 1.82 bits per heavy atom. The molecule has 3 rings (SSSR count). The molecule has 0 saturated heterocycles. The summed E-state index contributed by atoms with van der Waals surface area (Å²) in [6.07, 6.45) is 4.45. The van der Waals surface area contributed by atoms with Crippen LogP contribution in [-0.4, -0.2) is 9.55 Å². The van der Waals surface area contributed by atoms with Crippen molar-refractivity contribution in [3.05, 3.63) is 86.3 Å². The molecule has 1 heterocycles. The third kappa shape index (κ3) is 3.54. The third-order valence-corrected chi connectivity index (χ3v) is 4.83. The molecule has 0 aliphatic rings. The van der Waals surface area contributed by atoms with Crippen LogP contribution in [0.15, 0.2) is 59.3 Å². The van der Waals surface area contributed by atoms with Gasteiger partial charge in [-0.1, -0.05) is 63.4 Å². The highest BCUT2D eigenvalue weighted by Crippen LogP contribution is 2.27. The van der Waals surface area contributed by atoms with Gasteiger partial charge in [0.25, 0.3) is 0 Å². The summed E-state index contributed by atoms with van der Waals surface area (Å²) >= 11 is 15.8. The molecule has 0 bridgehead atoms. The predicted molar refractivity (Wildman–Crippen MR) is 94.7 cm³/mol. The molecule has 0 fully saturated rings. The van der Waals surface area contributed by atoms with Crippen LogP contribution < -0.4 is 0 Å². The summed E-state index contributed by atoms with van der Waals surface area (Å²) in [4.78, 5) is 4.45. The van der Waals surface area contributed by atoms with E-state index in [1.54, 1.807) is 6.07 Å². The van der Waals surface area contributed by atoms with Gasteiger partial charge in [0, 0.05) is 29.8 Å². The smallest absolute Gasteiger partial charge is 0.113 e. The largest absolute Gasteiger partial charge is 0.330 e. The molecule has 2 aromatic carbocycles. The van der Waals surface area contributed by atoms with E-state index in [1.165, 1.54) is 5.56 Å². The maximum atomic E-state index is 6.27. The number of halogens is 3. The minimum Gasteiger partial charge on any atom is -0.330 e. The first kappa shape index (κ1) is 15.6. The summed E-state index contributed by atoms with van der Waals surface area (Å²) < 4.78 is 3.20. The molecule has 0 amide bonds. The Bertz CT molecular complexity index is 782. The van der Waals surface area contributed by atoms with E-state index in [2.05, 4.69) is 37.6 Å². The SMILES string of the molecule is Clc1cccc(Cc2nccn2Cc2ccc(Br)cc2)c1Cl. The van der Waals surface area contributed by atoms with Crippen LogP contribution in [0.2, 0.25) is 10.0 Å². The fraction of sp³-hybridized carbons (Fsp3) is 0.118. The maximum absolute atomic E-state index is 6.27. The fourth-order valence-electron chi connectivity index (χ4n) is 2.29. The quantitative estimate of drug-likeness (QED) is 0.562. The summed E-state index contributed by atoms with van der Waals surface area (Å²) in [6.45, 7) is 0.779. The lowest BCUT2D eigenvalue weighted by Crippen LogP contribution is -2.05. The molecule has 0 N–H and O–H groups in total. The topological polar surface area (TPSA) is 17.8 Å². The second kappa shape index (κ2) is 6.86. The van der Waals surface area contributed by atoms with Crippen molar-refractivity contribution in [3.8, 4) is 0 Å². The molecular weight excluding hydrogens is 383 g/mol. The van der Waals surface area contributed by atoms with Gasteiger partial charge in [0.2, 0.25) is 0 Å². The number of benzene rings is 2. The van der Waals surface area contributed by atoms with Crippen LogP contribution in [-0.2, 0) is 13.0 Å². The highest BCUT2D eigenvalue weighted by Gasteiger charge is 2.09. The van der Waals surface area contributed by atoms with Gasteiger partial charge in [-0.25, -0.2) is 4.98 Å². The minimum absolute atomic E-state index is 0.574. The van der Waals surface area contributed by atoms with E-state index in [1.807, 2.05) is 36.7 Å². The van der Waals surface area contributed by atoms with Gasteiger partial charge in [-0.05, 0) is 29.3 Å². The monoisotopic (exact) mass is 394 g/mol. The zero-order valence-electron chi connectivity index (χ0n) is 11.6. The molecule has 2 nitrogen and oxygen atoms in total. The number of hydrogen-bond donors (Lipinski definition) is 0.